The van der Waals surface area contributed by atoms with Crippen molar-refractivity contribution in [3.05, 3.63) is 46.9 Å². The molecule has 1 aromatic carbocycles. The monoisotopic (exact) mass is 380 g/mol. The summed E-state index contributed by atoms with van der Waals surface area (Å²) >= 11 is 16.6. The highest BCUT2D eigenvalue weighted by atomic mass is 35.6. The number of ether oxygens (including phenoxy) is 1. The van der Waals surface area contributed by atoms with Gasteiger partial charge >= 0.3 is 12.0 Å². The van der Waals surface area contributed by atoms with Gasteiger partial charge in [-0.15, -0.1) is 0 Å². The van der Waals surface area contributed by atoms with Crippen LogP contribution in [0.5, 0.6) is 0 Å². The van der Waals surface area contributed by atoms with Crippen LogP contribution in [0, 0.1) is 5.82 Å². The van der Waals surface area contributed by atoms with E-state index in [0.29, 0.717) is 0 Å². The Morgan fingerprint density at radius 2 is 2.00 bits per heavy atom. The van der Waals surface area contributed by atoms with Crippen LogP contribution in [0.2, 0.25) is 0 Å². The largest absolute Gasteiger partial charge is 0.458 e. The molecule has 2 rings (SSSR count). The van der Waals surface area contributed by atoms with Gasteiger partial charge in [0.1, 0.15) is 12.4 Å². The zero-order valence-corrected chi connectivity index (χ0v) is 14.1. The summed E-state index contributed by atoms with van der Waals surface area (Å²) in [7, 11) is 0. The number of carbonyl (C=O) groups is 2. The summed E-state index contributed by atoms with van der Waals surface area (Å²) in [4.78, 5) is 23.9. The molecule has 124 valence electrons. The number of allylic oxidation sites excluding steroid dienone is 1. The summed E-state index contributed by atoms with van der Waals surface area (Å²) in [6.07, 6.45) is 0. The molecule has 1 aromatic rings. The van der Waals surface area contributed by atoms with Gasteiger partial charge in [0.2, 0.25) is 3.79 Å². The van der Waals surface area contributed by atoms with E-state index in [0.717, 1.165) is 0 Å². The summed E-state index contributed by atoms with van der Waals surface area (Å²) < 4.78 is 17.2. The zero-order chi connectivity index (χ0) is 17.2. The predicted molar refractivity (Wildman–Crippen MR) is 84.8 cm³/mol. The molecule has 0 saturated carbocycles. The Hall–Kier alpha value is -1.50. The topological polar surface area (TPSA) is 67.4 Å². The molecule has 0 spiro atoms. The van der Waals surface area contributed by atoms with Gasteiger partial charge in [-0.25, -0.2) is 14.0 Å². The Morgan fingerprint density at radius 1 is 1.35 bits per heavy atom. The van der Waals surface area contributed by atoms with E-state index in [4.69, 9.17) is 39.5 Å². The molecule has 1 atom stereocenters. The van der Waals surface area contributed by atoms with E-state index < -0.39 is 34.3 Å². The van der Waals surface area contributed by atoms with Gasteiger partial charge < -0.3 is 15.4 Å². The maximum absolute atomic E-state index is 14.0. The van der Waals surface area contributed by atoms with Crippen LogP contribution < -0.4 is 10.6 Å². The molecule has 0 bridgehead atoms. The number of hydrogen-bond acceptors (Lipinski definition) is 3. The normalized spacial score (nSPS) is 18.3. The highest BCUT2D eigenvalue weighted by Gasteiger charge is 2.34. The van der Waals surface area contributed by atoms with Crippen molar-refractivity contribution in [2.45, 2.75) is 16.8 Å². The number of urea groups is 1. The molecule has 23 heavy (non-hydrogen) atoms. The number of amides is 2. The minimum atomic E-state index is -1.77. The summed E-state index contributed by atoms with van der Waals surface area (Å²) in [5.74, 6) is -1.39. The van der Waals surface area contributed by atoms with Crippen molar-refractivity contribution in [2.24, 2.45) is 0 Å². The summed E-state index contributed by atoms with van der Waals surface area (Å²) in [6.45, 7) is 1.02. The second kappa shape index (κ2) is 6.95. The molecule has 1 aliphatic rings. The average molecular weight is 382 g/mol. The van der Waals surface area contributed by atoms with Crippen LogP contribution in [0.1, 0.15) is 18.5 Å². The summed E-state index contributed by atoms with van der Waals surface area (Å²) in [5.41, 5.74) is 0.391. The lowest BCUT2D eigenvalue weighted by Crippen LogP contribution is -2.45. The highest BCUT2D eigenvalue weighted by molar-refractivity contribution is 6.67. The average Bonchev–Trinajstić information content (AvgIpc) is 2.43. The number of rotatable bonds is 3. The number of halogens is 4. The highest BCUT2D eigenvalue weighted by Crippen LogP contribution is 2.31. The zero-order valence-electron chi connectivity index (χ0n) is 11.8. The van der Waals surface area contributed by atoms with Gasteiger partial charge in [0.05, 0.1) is 11.6 Å². The number of hydrogen-bond donors (Lipinski definition) is 2. The first-order valence-corrected chi connectivity index (χ1v) is 7.59. The van der Waals surface area contributed by atoms with Crippen molar-refractivity contribution < 1.29 is 18.7 Å². The molecule has 0 radical (unpaired) electrons. The molecule has 0 saturated heterocycles. The van der Waals surface area contributed by atoms with Crippen LogP contribution in [0.25, 0.3) is 0 Å². The van der Waals surface area contributed by atoms with Gasteiger partial charge in [-0.1, -0.05) is 53.0 Å². The smallest absolute Gasteiger partial charge is 0.338 e. The fourth-order valence-electron chi connectivity index (χ4n) is 2.13. The summed E-state index contributed by atoms with van der Waals surface area (Å²) in [6, 6.07) is 4.21. The molecule has 9 heteroatoms. The summed E-state index contributed by atoms with van der Waals surface area (Å²) in [5, 5.41) is 4.92. The molecule has 1 aliphatic heterocycles. The van der Waals surface area contributed by atoms with Gasteiger partial charge in [0.15, 0.2) is 0 Å². The molecule has 5 nitrogen and oxygen atoms in total. The number of esters is 1. The van der Waals surface area contributed by atoms with Crippen molar-refractivity contribution in [2.75, 3.05) is 6.61 Å². The molecule has 0 aromatic heterocycles. The minimum absolute atomic E-state index is 0.0314. The van der Waals surface area contributed by atoms with Crippen molar-refractivity contribution >= 4 is 46.8 Å². The van der Waals surface area contributed by atoms with E-state index in [9.17, 15) is 14.0 Å². The second-order valence-electron chi connectivity index (χ2n) is 4.78. The second-order valence-corrected chi connectivity index (χ2v) is 7.30. The van der Waals surface area contributed by atoms with Crippen molar-refractivity contribution in [1.29, 1.82) is 0 Å². The van der Waals surface area contributed by atoms with Crippen LogP contribution in [-0.2, 0) is 9.53 Å². The molecule has 2 N–H and O–H groups in total. The molecule has 0 fully saturated rings. The first-order valence-electron chi connectivity index (χ1n) is 6.45. The fourth-order valence-corrected chi connectivity index (χ4v) is 2.30. The quantitative estimate of drug-likeness (QED) is 0.623. The van der Waals surface area contributed by atoms with Crippen molar-refractivity contribution in [3.63, 3.8) is 0 Å². The third-order valence-corrected chi connectivity index (χ3v) is 3.40. The van der Waals surface area contributed by atoms with Crippen LogP contribution >= 0.6 is 34.8 Å². The van der Waals surface area contributed by atoms with E-state index >= 15 is 0 Å². The Morgan fingerprint density at radius 3 is 2.61 bits per heavy atom. The maximum Gasteiger partial charge on any atom is 0.338 e. The van der Waals surface area contributed by atoms with Gasteiger partial charge in [0, 0.05) is 11.3 Å². The number of carbonyl (C=O) groups excluding carboxylic acids is 2. The van der Waals surface area contributed by atoms with Crippen molar-refractivity contribution in [3.8, 4) is 0 Å². The molecular weight excluding hydrogens is 370 g/mol. The van der Waals surface area contributed by atoms with E-state index in [2.05, 4.69) is 10.6 Å². The lowest BCUT2D eigenvalue weighted by Gasteiger charge is -2.28. The van der Waals surface area contributed by atoms with Crippen molar-refractivity contribution in [1.82, 2.24) is 10.6 Å². The van der Waals surface area contributed by atoms with Gasteiger partial charge in [-0.05, 0) is 13.0 Å². The molecule has 2 amide bonds. The van der Waals surface area contributed by atoms with E-state index in [1.165, 1.54) is 25.1 Å². The first-order chi connectivity index (χ1) is 10.7. The maximum atomic E-state index is 14.0. The molecular formula is C14H12Cl3FN2O3. The number of benzene rings is 1. The van der Waals surface area contributed by atoms with Gasteiger partial charge in [-0.2, -0.15) is 0 Å². The number of nitrogens with one attached hydrogen (secondary N) is 2. The van der Waals surface area contributed by atoms with E-state index in [-0.39, 0.29) is 16.8 Å². The Labute approximate surface area is 146 Å². The van der Waals surface area contributed by atoms with Gasteiger partial charge in [-0.3, -0.25) is 0 Å². The lowest BCUT2D eigenvalue weighted by molar-refractivity contribution is -0.139. The van der Waals surface area contributed by atoms with Gasteiger partial charge in [0.25, 0.3) is 0 Å². The van der Waals surface area contributed by atoms with Crippen LogP contribution in [0.15, 0.2) is 35.5 Å². The Bertz CT molecular complexity index is 673. The minimum Gasteiger partial charge on any atom is -0.458 e. The van der Waals surface area contributed by atoms with Crippen LogP contribution in [0.4, 0.5) is 9.18 Å². The molecule has 0 aliphatic carbocycles. The Kier molecular flexibility index (Phi) is 5.39. The Balaban J connectivity index is 2.36. The lowest BCUT2D eigenvalue weighted by atomic mass is 9.95. The van der Waals surface area contributed by atoms with Crippen LogP contribution in [0.3, 0.4) is 0 Å². The van der Waals surface area contributed by atoms with E-state index in [1.807, 2.05) is 0 Å². The standard InChI is InChI=1S/C14H12Cl3FN2O3/c1-7-10(12(21)23-6-14(15,16)17)11(20-13(22)19-7)8-4-2-3-5-9(8)18/h2-5,11H,6H2,1H3,(H2,19,20,22). The molecule has 1 heterocycles. The third kappa shape index (κ3) is 4.50. The SMILES string of the molecule is CC1=C(C(=O)OCC(Cl)(Cl)Cl)C(c2ccccc2F)NC(=O)N1. The predicted octanol–water partition coefficient (Wildman–Crippen LogP) is 3.37. The first kappa shape index (κ1) is 17.8. The number of alkyl halides is 3. The van der Waals surface area contributed by atoms with E-state index in [1.54, 1.807) is 6.07 Å². The van der Waals surface area contributed by atoms with Crippen LogP contribution in [-0.4, -0.2) is 22.4 Å². The molecule has 1 unspecified atom stereocenters. The fraction of sp³-hybridized carbons (Fsp3) is 0.286. The third-order valence-electron chi connectivity index (χ3n) is 3.07.